The molecule has 0 bridgehead atoms. The summed E-state index contributed by atoms with van der Waals surface area (Å²) in [6.07, 6.45) is 5.11. The Labute approximate surface area is 81.2 Å². The first kappa shape index (κ1) is 11.0. The standard InChI is InChI=1S/C10H22N2O/c1-13-9-3-6-11-8-5-10-4-2-7-12-10/h10-12H,2-9H2,1H3. The lowest BCUT2D eigenvalue weighted by atomic mass is 10.1. The van der Waals surface area contributed by atoms with Crippen LogP contribution in [-0.2, 0) is 4.74 Å². The predicted octanol–water partition coefficient (Wildman–Crippen LogP) is 0.755. The van der Waals surface area contributed by atoms with Crippen LogP contribution in [0.2, 0.25) is 0 Å². The fourth-order valence-corrected chi connectivity index (χ4v) is 1.75. The lowest BCUT2D eigenvalue weighted by Gasteiger charge is -2.10. The molecule has 0 aliphatic carbocycles. The maximum Gasteiger partial charge on any atom is 0.0474 e. The highest BCUT2D eigenvalue weighted by atomic mass is 16.5. The average Bonchev–Trinajstić information content (AvgIpc) is 2.63. The molecule has 1 unspecified atom stereocenters. The summed E-state index contributed by atoms with van der Waals surface area (Å²) in [6, 6.07) is 0.773. The van der Waals surface area contributed by atoms with Crippen LogP contribution in [-0.4, -0.2) is 39.4 Å². The average molecular weight is 186 g/mol. The Morgan fingerprint density at radius 3 is 3.08 bits per heavy atom. The summed E-state index contributed by atoms with van der Waals surface area (Å²) in [5.41, 5.74) is 0. The van der Waals surface area contributed by atoms with Gasteiger partial charge < -0.3 is 15.4 Å². The third kappa shape index (κ3) is 5.24. The van der Waals surface area contributed by atoms with Gasteiger partial charge in [-0.15, -0.1) is 0 Å². The van der Waals surface area contributed by atoms with Gasteiger partial charge in [-0.05, 0) is 45.3 Å². The van der Waals surface area contributed by atoms with Gasteiger partial charge in [0, 0.05) is 19.8 Å². The number of ether oxygens (including phenoxy) is 1. The molecule has 0 spiro atoms. The number of methoxy groups -OCH3 is 1. The molecule has 0 saturated carbocycles. The lowest BCUT2D eigenvalue weighted by molar-refractivity contribution is 0.194. The van der Waals surface area contributed by atoms with E-state index in [1.165, 1.54) is 25.8 Å². The quantitative estimate of drug-likeness (QED) is 0.576. The van der Waals surface area contributed by atoms with Crippen molar-refractivity contribution in [3.05, 3.63) is 0 Å². The minimum absolute atomic E-state index is 0.773. The molecule has 1 atom stereocenters. The van der Waals surface area contributed by atoms with Gasteiger partial charge in [0.2, 0.25) is 0 Å². The summed E-state index contributed by atoms with van der Waals surface area (Å²) in [6.45, 7) is 4.31. The molecule has 1 aliphatic heterocycles. The summed E-state index contributed by atoms with van der Waals surface area (Å²) in [4.78, 5) is 0. The smallest absolute Gasteiger partial charge is 0.0474 e. The highest BCUT2D eigenvalue weighted by molar-refractivity contribution is 4.74. The number of hydrogen-bond acceptors (Lipinski definition) is 3. The second-order valence-corrected chi connectivity index (χ2v) is 3.68. The Hall–Kier alpha value is -0.120. The van der Waals surface area contributed by atoms with Gasteiger partial charge >= 0.3 is 0 Å². The SMILES string of the molecule is COCCCNCCC1CCCN1. The molecule has 0 amide bonds. The van der Waals surface area contributed by atoms with Crippen LogP contribution in [0.5, 0.6) is 0 Å². The molecule has 1 aliphatic rings. The Kier molecular flexibility index (Phi) is 6.15. The van der Waals surface area contributed by atoms with Gasteiger partial charge in [0.25, 0.3) is 0 Å². The topological polar surface area (TPSA) is 33.3 Å². The monoisotopic (exact) mass is 186 g/mol. The van der Waals surface area contributed by atoms with E-state index >= 15 is 0 Å². The van der Waals surface area contributed by atoms with Crippen LogP contribution in [0, 0.1) is 0 Å². The first-order valence-corrected chi connectivity index (χ1v) is 5.36. The zero-order valence-electron chi connectivity index (χ0n) is 8.64. The Morgan fingerprint density at radius 2 is 2.38 bits per heavy atom. The first-order chi connectivity index (χ1) is 6.43. The van der Waals surface area contributed by atoms with Crippen molar-refractivity contribution in [1.82, 2.24) is 10.6 Å². The first-order valence-electron chi connectivity index (χ1n) is 5.36. The molecule has 0 aromatic heterocycles. The molecule has 3 heteroatoms. The second-order valence-electron chi connectivity index (χ2n) is 3.68. The highest BCUT2D eigenvalue weighted by Crippen LogP contribution is 2.07. The van der Waals surface area contributed by atoms with Crippen LogP contribution >= 0.6 is 0 Å². The summed E-state index contributed by atoms with van der Waals surface area (Å²) in [5, 5.41) is 6.92. The van der Waals surface area contributed by atoms with Crippen LogP contribution in [0.1, 0.15) is 25.7 Å². The summed E-state index contributed by atoms with van der Waals surface area (Å²) in [5.74, 6) is 0. The van der Waals surface area contributed by atoms with Crippen LogP contribution in [0.3, 0.4) is 0 Å². The minimum Gasteiger partial charge on any atom is -0.385 e. The maximum atomic E-state index is 4.97. The van der Waals surface area contributed by atoms with E-state index in [0.717, 1.165) is 32.2 Å². The lowest BCUT2D eigenvalue weighted by Crippen LogP contribution is -2.27. The van der Waals surface area contributed by atoms with Gasteiger partial charge in [0.1, 0.15) is 0 Å². The van der Waals surface area contributed by atoms with Gasteiger partial charge in [-0.1, -0.05) is 0 Å². The second kappa shape index (κ2) is 7.30. The maximum absolute atomic E-state index is 4.97. The molecule has 1 heterocycles. The molecular formula is C10H22N2O. The molecule has 3 nitrogen and oxygen atoms in total. The summed E-state index contributed by atoms with van der Waals surface area (Å²) >= 11 is 0. The van der Waals surface area contributed by atoms with E-state index in [1.807, 2.05) is 0 Å². The van der Waals surface area contributed by atoms with E-state index in [4.69, 9.17) is 4.74 Å². The predicted molar refractivity (Wildman–Crippen MR) is 55.0 cm³/mol. The number of hydrogen-bond donors (Lipinski definition) is 2. The molecule has 1 saturated heterocycles. The molecule has 1 rings (SSSR count). The van der Waals surface area contributed by atoms with Crippen molar-refractivity contribution in [3.63, 3.8) is 0 Å². The zero-order valence-corrected chi connectivity index (χ0v) is 8.64. The zero-order chi connectivity index (χ0) is 9.36. The number of rotatable bonds is 7. The molecule has 0 aromatic carbocycles. The third-order valence-electron chi connectivity index (χ3n) is 2.53. The Balaban J connectivity index is 1.78. The van der Waals surface area contributed by atoms with Crippen molar-refractivity contribution in [2.45, 2.75) is 31.7 Å². The van der Waals surface area contributed by atoms with Crippen molar-refractivity contribution >= 4 is 0 Å². The highest BCUT2D eigenvalue weighted by Gasteiger charge is 2.12. The van der Waals surface area contributed by atoms with E-state index in [-0.39, 0.29) is 0 Å². The summed E-state index contributed by atoms with van der Waals surface area (Å²) in [7, 11) is 1.75. The van der Waals surface area contributed by atoms with E-state index in [9.17, 15) is 0 Å². The number of nitrogens with one attached hydrogen (secondary N) is 2. The Morgan fingerprint density at radius 1 is 1.46 bits per heavy atom. The molecule has 2 N–H and O–H groups in total. The van der Waals surface area contributed by atoms with Crippen LogP contribution < -0.4 is 10.6 Å². The largest absolute Gasteiger partial charge is 0.385 e. The van der Waals surface area contributed by atoms with E-state index < -0.39 is 0 Å². The van der Waals surface area contributed by atoms with Gasteiger partial charge in [-0.2, -0.15) is 0 Å². The van der Waals surface area contributed by atoms with Crippen molar-refractivity contribution < 1.29 is 4.74 Å². The summed E-state index contributed by atoms with van der Waals surface area (Å²) < 4.78 is 4.97. The molecule has 13 heavy (non-hydrogen) atoms. The van der Waals surface area contributed by atoms with Crippen LogP contribution in [0.15, 0.2) is 0 Å². The Bertz CT molecular complexity index is 113. The van der Waals surface area contributed by atoms with Gasteiger partial charge in [-0.3, -0.25) is 0 Å². The van der Waals surface area contributed by atoms with Gasteiger partial charge in [0.05, 0.1) is 0 Å². The van der Waals surface area contributed by atoms with Crippen molar-refractivity contribution in [1.29, 1.82) is 0 Å². The van der Waals surface area contributed by atoms with Crippen molar-refractivity contribution in [2.24, 2.45) is 0 Å². The third-order valence-corrected chi connectivity index (χ3v) is 2.53. The fourth-order valence-electron chi connectivity index (χ4n) is 1.75. The van der Waals surface area contributed by atoms with Crippen molar-refractivity contribution in [2.75, 3.05) is 33.4 Å². The van der Waals surface area contributed by atoms with Crippen LogP contribution in [0.4, 0.5) is 0 Å². The van der Waals surface area contributed by atoms with Crippen LogP contribution in [0.25, 0.3) is 0 Å². The van der Waals surface area contributed by atoms with E-state index in [2.05, 4.69) is 10.6 Å². The molecule has 1 fully saturated rings. The normalized spacial score (nSPS) is 22.4. The molecule has 0 aromatic rings. The van der Waals surface area contributed by atoms with E-state index in [0.29, 0.717) is 0 Å². The molecule has 0 radical (unpaired) electrons. The van der Waals surface area contributed by atoms with E-state index in [1.54, 1.807) is 7.11 Å². The fraction of sp³-hybridized carbons (Fsp3) is 1.00. The molecule has 78 valence electrons. The van der Waals surface area contributed by atoms with Gasteiger partial charge in [0.15, 0.2) is 0 Å². The minimum atomic E-state index is 0.773. The molecular weight excluding hydrogens is 164 g/mol. The van der Waals surface area contributed by atoms with Gasteiger partial charge in [-0.25, -0.2) is 0 Å². The van der Waals surface area contributed by atoms with Crippen molar-refractivity contribution in [3.8, 4) is 0 Å².